The van der Waals surface area contributed by atoms with Crippen molar-refractivity contribution in [2.45, 2.75) is 64.7 Å². The van der Waals surface area contributed by atoms with Crippen LogP contribution in [0.1, 0.15) is 70.4 Å². The summed E-state index contributed by atoms with van der Waals surface area (Å²) in [5, 5.41) is 2.45. The Labute approximate surface area is 193 Å². The molecule has 1 heteroatoms. The van der Waals surface area contributed by atoms with E-state index in [9.17, 15) is 0 Å². The Morgan fingerprint density at radius 2 is 1.72 bits per heavy atom. The number of allylic oxidation sites excluding steroid dienone is 5. The lowest BCUT2D eigenvalue weighted by Crippen LogP contribution is -2.26. The number of aromatic nitrogens is 1. The Morgan fingerprint density at radius 3 is 2.41 bits per heavy atom. The number of nitrogens with zero attached hydrogens (tertiary/aromatic N) is 1. The van der Waals surface area contributed by atoms with Gasteiger partial charge in [-0.1, -0.05) is 101 Å². The first-order valence-electron chi connectivity index (χ1n) is 12.2. The van der Waals surface area contributed by atoms with Crippen LogP contribution in [0.3, 0.4) is 0 Å². The van der Waals surface area contributed by atoms with Crippen molar-refractivity contribution < 1.29 is 0 Å². The lowest BCUT2D eigenvalue weighted by atomic mass is 9.69. The number of pyridine rings is 1. The molecule has 164 valence electrons. The van der Waals surface area contributed by atoms with Gasteiger partial charge in [0.15, 0.2) is 0 Å². The van der Waals surface area contributed by atoms with Crippen LogP contribution in [0, 0.1) is 0 Å². The van der Waals surface area contributed by atoms with Gasteiger partial charge in [-0.25, -0.2) is 0 Å². The quantitative estimate of drug-likeness (QED) is 0.336. The summed E-state index contributed by atoms with van der Waals surface area (Å²) < 4.78 is 0. The maximum Gasteiger partial charge on any atom is 0.0780 e. The number of hydrogen-bond acceptors (Lipinski definition) is 1. The third kappa shape index (κ3) is 3.75. The fourth-order valence-corrected chi connectivity index (χ4v) is 5.49. The first kappa shape index (κ1) is 22.3. The lowest BCUT2D eigenvalue weighted by Gasteiger charge is -2.34. The van der Waals surface area contributed by atoms with E-state index >= 15 is 0 Å². The molecule has 0 amide bonds. The molecule has 1 aromatic heterocycles. The SMILES string of the molecule is C=CC1=C(/C=C\C)c2ccc(-c3nccc4ccccc34)cc2C1(CCCC)CCCC. The van der Waals surface area contributed by atoms with Crippen molar-refractivity contribution in [3.8, 4) is 11.3 Å². The average molecular weight is 422 g/mol. The van der Waals surface area contributed by atoms with Gasteiger partial charge in [0.1, 0.15) is 0 Å². The van der Waals surface area contributed by atoms with Crippen molar-refractivity contribution in [2.24, 2.45) is 0 Å². The van der Waals surface area contributed by atoms with Gasteiger partial charge >= 0.3 is 0 Å². The van der Waals surface area contributed by atoms with Gasteiger partial charge in [-0.05, 0) is 59.6 Å². The van der Waals surface area contributed by atoms with Gasteiger partial charge in [-0.3, -0.25) is 4.98 Å². The molecule has 1 aliphatic carbocycles. The van der Waals surface area contributed by atoms with E-state index in [4.69, 9.17) is 4.98 Å². The molecule has 0 radical (unpaired) electrons. The van der Waals surface area contributed by atoms with Crippen LogP contribution in [0.25, 0.3) is 27.6 Å². The molecule has 0 bridgehead atoms. The number of unbranched alkanes of at least 4 members (excludes halogenated alkanes) is 2. The summed E-state index contributed by atoms with van der Waals surface area (Å²) in [4.78, 5) is 4.82. The van der Waals surface area contributed by atoms with Crippen LogP contribution in [0.15, 0.2) is 85.1 Å². The van der Waals surface area contributed by atoms with Gasteiger partial charge in [-0.2, -0.15) is 0 Å². The van der Waals surface area contributed by atoms with Gasteiger partial charge in [0.25, 0.3) is 0 Å². The van der Waals surface area contributed by atoms with E-state index in [0.29, 0.717) is 0 Å². The number of benzene rings is 2. The molecule has 2 aromatic carbocycles. The fourth-order valence-electron chi connectivity index (χ4n) is 5.49. The van der Waals surface area contributed by atoms with Crippen LogP contribution in [-0.4, -0.2) is 4.98 Å². The highest BCUT2D eigenvalue weighted by Crippen LogP contribution is 2.54. The van der Waals surface area contributed by atoms with Crippen LogP contribution >= 0.6 is 0 Å². The third-order valence-electron chi connectivity index (χ3n) is 7.03. The normalized spacial score (nSPS) is 15.0. The first-order chi connectivity index (χ1) is 15.7. The van der Waals surface area contributed by atoms with Gasteiger partial charge in [-0.15, -0.1) is 0 Å². The second-order valence-corrected chi connectivity index (χ2v) is 8.96. The second kappa shape index (κ2) is 9.69. The number of hydrogen-bond donors (Lipinski definition) is 0. The Balaban J connectivity index is 1.96. The highest BCUT2D eigenvalue weighted by atomic mass is 14.7. The summed E-state index contributed by atoms with van der Waals surface area (Å²) in [6.45, 7) is 11.0. The molecule has 0 aliphatic heterocycles. The van der Waals surface area contributed by atoms with Crippen LogP contribution < -0.4 is 0 Å². The second-order valence-electron chi connectivity index (χ2n) is 8.96. The predicted octanol–water partition coefficient (Wildman–Crippen LogP) is 9.05. The number of rotatable bonds is 9. The van der Waals surface area contributed by atoms with Crippen LogP contribution in [0.2, 0.25) is 0 Å². The fraction of sp³-hybridized carbons (Fsp3) is 0.323. The minimum Gasteiger partial charge on any atom is -0.256 e. The van der Waals surface area contributed by atoms with E-state index in [1.807, 2.05) is 6.20 Å². The molecule has 0 N–H and O–H groups in total. The smallest absolute Gasteiger partial charge is 0.0780 e. The Bertz CT molecular complexity index is 1160. The molecule has 0 fully saturated rings. The Kier molecular flexibility index (Phi) is 6.74. The molecule has 0 saturated heterocycles. The summed E-state index contributed by atoms with van der Waals surface area (Å²) in [7, 11) is 0. The summed E-state index contributed by atoms with van der Waals surface area (Å²) in [5.74, 6) is 0. The molecule has 1 aliphatic rings. The van der Waals surface area contributed by atoms with E-state index < -0.39 is 0 Å². The van der Waals surface area contributed by atoms with Crippen molar-refractivity contribution in [3.63, 3.8) is 0 Å². The maximum atomic E-state index is 4.82. The summed E-state index contributed by atoms with van der Waals surface area (Å²) in [5.41, 5.74) is 7.92. The zero-order valence-electron chi connectivity index (χ0n) is 19.8. The lowest BCUT2D eigenvalue weighted by molar-refractivity contribution is 0.412. The van der Waals surface area contributed by atoms with Gasteiger partial charge < -0.3 is 0 Å². The summed E-state index contributed by atoms with van der Waals surface area (Å²) in [6.07, 6.45) is 15.7. The largest absolute Gasteiger partial charge is 0.256 e. The monoisotopic (exact) mass is 421 g/mol. The minimum absolute atomic E-state index is 0.0402. The molecule has 4 rings (SSSR count). The highest BCUT2D eigenvalue weighted by Gasteiger charge is 2.42. The van der Waals surface area contributed by atoms with E-state index in [0.717, 1.165) is 5.69 Å². The molecule has 0 atom stereocenters. The van der Waals surface area contributed by atoms with Crippen molar-refractivity contribution in [1.29, 1.82) is 0 Å². The molecular weight excluding hydrogens is 386 g/mol. The number of fused-ring (bicyclic) bond motifs is 2. The molecule has 0 spiro atoms. The molecule has 1 heterocycles. The van der Waals surface area contributed by atoms with Crippen molar-refractivity contribution in [2.75, 3.05) is 0 Å². The van der Waals surface area contributed by atoms with Crippen molar-refractivity contribution >= 4 is 16.3 Å². The zero-order valence-corrected chi connectivity index (χ0v) is 19.8. The Hall–Kier alpha value is -2.93. The average Bonchev–Trinajstić information content (AvgIpc) is 3.09. The van der Waals surface area contributed by atoms with Crippen LogP contribution in [0.5, 0.6) is 0 Å². The molecule has 0 unspecified atom stereocenters. The molecule has 32 heavy (non-hydrogen) atoms. The topological polar surface area (TPSA) is 12.9 Å². The molecular formula is C31H35N. The minimum atomic E-state index is 0.0402. The summed E-state index contributed by atoms with van der Waals surface area (Å²) in [6, 6.07) is 17.7. The van der Waals surface area contributed by atoms with Crippen LogP contribution in [0.4, 0.5) is 0 Å². The van der Waals surface area contributed by atoms with Gasteiger partial charge in [0, 0.05) is 22.6 Å². The van der Waals surface area contributed by atoms with E-state index in [2.05, 4.69) is 94.1 Å². The standard InChI is InChI=1S/C31H35N/c1-5-9-19-31(20-10-6-2)28(8-4)26(13-7-3)27-17-16-24(22-29(27)31)30-25-15-12-11-14-23(25)18-21-32-30/h7-8,11-18,21-22H,4-6,9-10,19-20H2,1-3H3/b13-7-. The van der Waals surface area contributed by atoms with E-state index in [-0.39, 0.29) is 5.41 Å². The summed E-state index contributed by atoms with van der Waals surface area (Å²) >= 11 is 0. The van der Waals surface area contributed by atoms with E-state index in [1.165, 1.54) is 77.1 Å². The molecule has 1 nitrogen and oxygen atoms in total. The van der Waals surface area contributed by atoms with Gasteiger partial charge in [0.2, 0.25) is 0 Å². The highest BCUT2D eigenvalue weighted by molar-refractivity contribution is 5.96. The predicted molar refractivity (Wildman–Crippen MR) is 140 cm³/mol. The first-order valence-corrected chi connectivity index (χ1v) is 12.2. The van der Waals surface area contributed by atoms with Gasteiger partial charge in [0.05, 0.1) is 5.69 Å². The van der Waals surface area contributed by atoms with Crippen molar-refractivity contribution in [1.82, 2.24) is 4.98 Å². The Morgan fingerprint density at radius 1 is 0.969 bits per heavy atom. The van der Waals surface area contributed by atoms with E-state index in [1.54, 1.807) is 0 Å². The maximum absolute atomic E-state index is 4.82. The van der Waals surface area contributed by atoms with Crippen molar-refractivity contribution in [3.05, 3.63) is 96.2 Å². The van der Waals surface area contributed by atoms with Crippen LogP contribution in [-0.2, 0) is 5.41 Å². The third-order valence-corrected chi connectivity index (χ3v) is 7.03. The molecule has 0 saturated carbocycles. The zero-order chi connectivity index (χ0) is 22.6. The molecule has 3 aromatic rings.